The molecule has 1 aromatic carbocycles. The number of rotatable bonds is 2. The number of hydrogen-bond acceptors (Lipinski definition) is 4. The van der Waals surface area contributed by atoms with Gasteiger partial charge in [0.2, 0.25) is 0 Å². The summed E-state index contributed by atoms with van der Waals surface area (Å²) in [5.74, 6) is 0.722. The smallest absolute Gasteiger partial charge is 0.410 e. The molecule has 1 saturated heterocycles. The van der Waals surface area contributed by atoms with Crippen molar-refractivity contribution in [3.8, 4) is 11.8 Å². The molecule has 1 amide bonds. The van der Waals surface area contributed by atoms with Crippen LogP contribution in [0.5, 0.6) is 5.75 Å². The zero-order valence-electron chi connectivity index (χ0n) is 13.6. The van der Waals surface area contributed by atoms with Gasteiger partial charge in [0.25, 0.3) is 0 Å². The van der Waals surface area contributed by atoms with Crippen molar-refractivity contribution < 1.29 is 14.3 Å². The molecule has 0 aromatic heterocycles. The molecular weight excluding hydrogens is 360 g/mol. The van der Waals surface area contributed by atoms with Crippen molar-refractivity contribution in [3.05, 3.63) is 28.2 Å². The van der Waals surface area contributed by atoms with Gasteiger partial charge in [-0.15, -0.1) is 0 Å². The van der Waals surface area contributed by atoms with Crippen LogP contribution < -0.4 is 4.74 Å². The van der Waals surface area contributed by atoms with Crippen LogP contribution in [0.15, 0.2) is 22.7 Å². The van der Waals surface area contributed by atoms with Crippen LogP contribution in [0.4, 0.5) is 4.79 Å². The molecule has 5 nitrogen and oxygen atoms in total. The Kier molecular flexibility index (Phi) is 5.53. The van der Waals surface area contributed by atoms with Crippen LogP contribution in [0.3, 0.4) is 0 Å². The standard InChI is InChI=1S/C17H21BrN2O3/c1-17(2,3)23-16(21)20-8-6-13(7-9-20)22-15-5-4-12(11-19)10-14(15)18/h4-5,10,13H,6-9H2,1-3H3. The number of amides is 1. The Morgan fingerprint density at radius 2 is 2.00 bits per heavy atom. The van der Waals surface area contributed by atoms with Gasteiger partial charge in [-0.05, 0) is 54.9 Å². The maximum Gasteiger partial charge on any atom is 0.410 e. The van der Waals surface area contributed by atoms with Crippen LogP contribution in [0.25, 0.3) is 0 Å². The molecule has 0 aliphatic carbocycles. The normalized spacial score (nSPS) is 15.9. The van der Waals surface area contributed by atoms with Crippen molar-refractivity contribution in [2.45, 2.75) is 45.3 Å². The molecule has 1 aliphatic heterocycles. The SMILES string of the molecule is CC(C)(C)OC(=O)N1CCC(Oc2ccc(C#N)cc2Br)CC1. The summed E-state index contributed by atoms with van der Waals surface area (Å²) in [4.78, 5) is 13.7. The van der Waals surface area contributed by atoms with Crippen LogP contribution in [0.1, 0.15) is 39.2 Å². The summed E-state index contributed by atoms with van der Waals surface area (Å²) in [7, 11) is 0. The molecule has 6 heteroatoms. The number of hydrogen-bond donors (Lipinski definition) is 0. The molecule has 0 N–H and O–H groups in total. The molecule has 1 fully saturated rings. The molecule has 0 atom stereocenters. The van der Waals surface area contributed by atoms with Gasteiger partial charge in [-0.2, -0.15) is 5.26 Å². The highest BCUT2D eigenvalue weighted by atomic mass is 79.9. The van der Waals surface area contributed by atoms with Crippen LogP contribution in [0, 0.1) is 11.3 Å². The van der Waals surface area contributed by atoms with Gasteiger partial charge >= 0.3 is 6.09 Å². The van der Waals surface area contributed by atoms with Crippen molar-refractivity contribution in [2.75, 3.05) is 13.1 Å². The molecular formula is C17H21BrN2O3. The number of ether oxygens (including phenoxy) is 2. The van der Waals surface area contributed by atoms with Crippen LogP contribution in [0.2, 0.25) is 0 Å². The zero-order valence-corrected chi connectivity index (χ0v) is 15.2. The van der Waals surface area contributed by atoms with E-state index in [4.69, 9.17) is 14.7 Å². The topological polar surface area (TPSA) is 62.6 Å². The average molecular weight is 381 g/mol. The van der Waals surface area contributed by atoms with Crippen LogP contribution in [-0.4, -0.2) is 35.8 Å². The predicted molar refractivity (Wildman–Crippen MR) is 90.3 cm³/mol. The summed E-state index contributed by atoms with van der Waals surface area (Å²) in [5.41, 5.74) is 0.113. The minimum absolute atomic E-state index is 0.0536. The van der Waals surface area contributed by atoms with E-state index < -0.39 is 5.60 Å². The minimum Gasteiger partial charge on any atom is -0.489 e. The Balaban J connectivity index is 1.88. The molecule has 124 valence electrons. The molecule has 0 unspecified atom stereocenters. The third-order valence-corrected chi connectivity index (χ3v) is 4.07. The lowest BCUT2D eigenvalue weighted by Gasteiger charge is -2.33. The van der Waals surface area contributed by atoms with E-state index in [-0.39, 0.29) is 12.2 Å². The van der Waals surface area contributed by atoms with Crippen molar-refractivity contribution >= 4 is 22.0 Å². The first-order valence-electron chi connectivity index (χ1n) is 7.63. The van der Waals surface area contributed by atoms with Crippen molar-refractivity contribution in [1.29, 1.82) is 5.26 Å². The van der Waals surface area contributed by atoms with Crippen LogP contribution in [-0.2, 0) is 4.74 Å². The molecule has 0 spiro atoms. The lowest BCUT2D eigenvalue weighted by Crippen LogP contribution is -2.44. The van der Waals surface area contributed by atoms with Gasteiger partial charge in [0.1, 0.15) is 17.5 Å². The van der Waals surface area contributed by atoms with E-state index in [0.29, 0.717) is 18.7 Å². The second-order valence-corrected chi connectivity index (χ2v) is 7.40. The van der Waals surface area contributed by atoms with E-state index in [1.165, 1.54) is 0 Å². The molecule has 1 aromatic rings. The number of carbonyl (C=O) groups is 1. The Morgan fingerprint density at radius 3 is 2.52 bits per heavy atom. The Labute approximate surface area is 145 Å². The van der Waals surface area contributed by atoms with Crippen molar-refractivity contribution in [3.63, 3.8) is 0 Å². The van der Waals surface area contributed by atoms with Gasteiger partial charge in [0.05, 0.1) is 16.1 Å². The molecule has 23 heavy (non-hydrogen) atoms. The summed E-state index contributed by atoms with van der Waals surface area (Å²) in [5, 5.41) is 8.88. The minimum atomic E-state index is -0.474. The first kappa shape index (κ1) is 17.6. The fraction of sp³-hybridized carbons (Fsp3) is 0.529. The molecule has 1 heterocycles. The monoisotopic (exact) mass is 380 g/mol. The van der Waals surface area contributed by atoms with Gasteiger partial charge in [0.15, 0.2) is 0 Å². The van der Waals surface area contributed by atoms with E-state index in [1.54, 1.807) is 23.1 Å². The summed E-state index contributed by atoms with van der Waals surface area (Å²) in [6, 6.07) is 7.36. The van der Waals surface area contributed by atoms with Gasteiger partial charge in [-0.3, -0.25) is 0 Å². The highest BCUT2D eigenvalue weighted by Gasteiger charge is 2.27. The average Bonchev–Trinajstić information content (AvgIpc) is 2.48. The lowest BCUT2D eigenvalue weighted by atomic mass is 10.1. The number of carbonyl (C=O) groups excluding carboxylic acids is 1. The largest absolute Gasteiger partial charge is 0.489 e. The number of halogens is 1. The number of nitrogens with zero attached hydrogens (tertiary/aromatic N) is 2. The van der Waals surface area contributed by atoms with Gasteiger partial charge in [-0.1, -0.05) is 0 Å². The second-order valence-electron chi connectivity index (χ2n) is 6.54. The van der Waals surface area contributed by atoms with E-state index in [9.17, 15) is 4.79 Å². The van der Waals surface area contributed by atoms with Crippen molar-refractivity contribution in [1.82, 2.24) is 4.90 Å². The summed E-state index contributed by atoms with van der Waals surface area (Å²) in [6.45, 7) is 6.83. The number of nitriles is 1. The summed E-state index contributed by atoms with van der Waals surface area (Å²) < 4.78 is 12.1. The lowest BCUT2D eigenvalue weighted by molar-refractivity contribution is 0.0126. The number of piperidine rings is 1. The summed E-state index contributed by atoms with van der Waals surface area (Å²) in [6.07, 6.45) is 1.30. The quantitative estimate of drug-likeness (QED) is 0.774. The Morgan fingerprint density at radius 1 is 1.35 bits per heavy atom. The summed E-state index contributed by atoms with van der Waals surface area (Å²) >= 11 is 3.42. The third-order valence-electron chi connectivity index (χ3n) is 3.45. The fourth-order valence-electron chi connectivity index (χ4n) is 2.33. The van der Waals surface area contributed by atoms with Crippen molar-refractivity contribution in [2.24, 2.45) is 0 Å². The molecule has 0 bridgehead atoms. The first-order valence-corrected chi connectivity index (χ1v) is 8.42. The van der Waals surface area contributed by atoms with E-state index in [1.807, 2.05) is 20.8 Å². The predicted octanol–water partition coefficient (Wildman–Crippen LogP) is 4.10. The number of likely N-dealkylation sites (tertiary alicyclic amines) is 1. The van der Waals surface area contributed by atoms with Crippen LogP contribution >= 0.6 is 15.9 Å². The molecule has 0 radical (unpaired) electrons. The molecule has 2 rings (SSSR count). The second kappa shape index (κ2) is 7.22. The fourth-order valence-corrected chi connectivity index (χ4v) is 2.80. The number of benzene rings is 1. The van der Waals surface area contributed by atoms with E-state index >= 15 is 0 Å². The third kappa shape index (κ3) is 5.14. The molecule has 0 saturated carbocycles. The van der Waals surface area contributed by atoms with E-state index in [2.05, 4.69) is 22.0 Å². The maximum atomic E-state index is 12.0. The van der Waals surface area contributed by atoms with Gasteiger partial charge in [-0.25, -0.2) is 4.79 Å². The van der Waals surface area contributed by atoms with E-state index in [0.717, 1.165) is 23.1 Å². The maximum absolute atomic E-state index is 12.0. The van der Waals surface area contributed by atoms with Gasteiger partial charge in [0, 0.05) is 25.9 Å². The zero-order chi connectivity index (χ0) is 17.0. The highest BCUT2D eigenvalue weighted by Crippen LogP contribution is 2.29. The Hall–Kier alpha value is -1.74. The first-order chi connectivity index (χ1) is 10.8. The molecule has 1 aliphatic rings. The van der Waals surface area contributed by atoms with Gasteiger partial charge < -0.3 is 14.4 Å². The Bertz CT molecular complexity index is 611. The highest BCUT2D eigenvalue weighted by molar-refractivity contribution is 9.10.